The van der Waals surface area contributed by atoms with Crippen LogP contribution < -0.4 is 10.1 Å². The zero-order valence-corrected chi connectivity index (χ0v) is 21.4. The number of anilines is 1. The molecule has 7 nitrogen and oxygen atoms in total. The monoisotopic (exact) mass is 526 g/mol. The fraction of sp³-hybridized carbons (Fsp3) is 0.393. The molecule has 0 aliphatic carbocycles. The van der Waals surface area contributed by atoms with E-state index in [1.807, 2.05) is 12.1 Å². The van der Waals surface area contributed by atoms with E-state index in [-0.39, 0.29) is 11.5 Å². The van der Waals surface area contributed by atoms with Gasteiger partial charge in [0.15, 0.2) is 0 Å². The Bertz CT molecular complexity index is 1460. The first-order valence-corrected chi connectivity index (χ1v) is 12.6. The van der Waals surface area contributed by atoms with Crippen molar-refractivity contribution in [2.45, 2.75) is 45.6 Å². The van der Waals surface area contributed by atoms with Crippen LogP contribution >= 0.6 is 0 Å². The predicted molar refractivity (Wildman–Crippen MR) is 138 cm³/mol. The normalized spacial score (nSPS) is 16.2. The average Bonchev–Trinajstić information content (AvgIpc) is 3.39. The fourth-order valence-electron chi connectivity index (χ4n) is 5.16. The topological polar surface area (TPSA) is 87.6 Å². The van der Waals surface area contributed by atoms with Crippen molar-refractivity contribution in [1.82, 2.24) is 14.9 Å². The quantitative estimate of drug-likeness (QED) is 0.475. The van der Waals surface area contributed by atoms with E-state index in [1.54, 1.807) is 25.7 Å². The number of halogens is 3. The first kappa shape index (κ1) is 26.0. The SMILES string of the molecule is CC(=O)N1CC=C(c2cc3c(N[C@H](C)c4cccc(C(F)(F)CO)c4F)nc(C)nc3c3c2OCC3)CC1. The number of fused-ring (bicyclic) bond motifs is 3. The lowest BCUT2D eigenvalue weighted by atomic mass is 9.93. The smallest absolute Gasteiger partial charge is 0.298 e. The summed E-state index contributed by atoms with van der Waals surface area (Å²) in [4.78, 5) is 22.8. The van der Waals surface area contributed by atoms with E-state index in [9.17, 15) is 13.6 Å². The number of aliphatic hydroxyl groups excluding tert-OH is 1. The molecule has 0 bridgehead atoms. The number of nitrogens with one attached hydrogen (secondary N) is 1. The lowest BCUT2D eigenvalue weighted by molar-refractivity contribution is -0.128. The third-order valence-corrected chi connectivity index (χ3v) is 7.19. The summed E-state index contributed by atoms with van der Waals surface area (Å²) in [5, 5.41) is 13.0. The summed E-state index contributed by atoms with van der Waals surface area (Å²) < 4.78 is 49.4. The second kappa shape index (κ2) is 9.90. The van der Waals surface area contributed by atoms with Gasteiger partial charge in [0.05, 0.1) is 23.7 Å². The summed E-state index contributed by atoms with van der Waals surface area (Å²) in [6.07, 6.45) is 3.37. The summed E-state index contributed by atoms with van der Waals surface area (Å²) in [5.74, 6) is -3.00. The Kier molecular flexibility index (Phi) is 6.77. The third kappa shape index (κ3) is 4.57. The molecule has 200 valence electrons. The van der Waals surface area contributed by atoms with E-state index in [0.717, 1.165) is 34.0 Å². The molecule has 38 heavy (non-hydrogen) atoms. The Morgan fingerprint density at radius 2 is 2.08 bits per heavy atom. The van der Waals surface area contributed by atoms with Gasteiger partial charge < -0.3 is 20.1 Å². The van der Waals surface area contributed by atoms with E-state index in [1.165, 1.54) is 12.1 Å². The highest BCUT2D eigenvalue weighted by Crippen LogP contribution is 2.42. The summed E-state index contributed by atoms with van der Waals surface area (Å²) in [6.45, 7) is 5.13. The number of hydrogen-bond donors (Lipinski definition) is 2. The van der Waals surface area contributed by atoms with Gasteiger partial charge in [-0.2, -0.15) is 8.78 Å². The van der Waals surface area contributed by atoms with Gasteiger partial charge in [0, 0.05) is 48.5 Å². The minimum absolute atomic E-state index is 0.0256. The molecule has 1 amide bonds. The molecule has 10 heteroatoms. The minimum Gasteiger partial charge on any atom is -0.492 e. The van der Waals surface area contributed by atoms with E-state index in [4.69, 9.17) is 9.84 Å². The molecule has 2 aliphatic rings. The second-order valence-electron chi connectivity index (χ2n) is 9.73. The molecule has 2 N–H and O–H groups in total. The van der Waals surface area contributed by atoms with Crippen LogP contribution in [0.1, 0.15) is 54.4 Å². The molecular formula is C28H29F3N4O3. The summed E-state index contributed by atoms with van der Waals surface area (Å²) in [7, 11) is 0. The largest absolute Gasteiger partial charge is 0.492 e. The molecule has 1 aromatic heterocycles. The Balaban J connectivity index is 1.58. The predicted octanol–water partition coefficient (Wildman–Crippen LogP) is 4.91. The lowest BCUT2D eigenvalue weighted by Gasteiger charge is -2.26. The van der Waals surface area contributed by atoms with E-state index < -0.39 is 30.0 Å². The van der Waals surface area contributed by atoms with Gasteiger partial charge in [-0.15, -0.1) is 0 Å². The highest BCUT2D eigenvalue weighted by atomic mass is 19.3. The number of aliphatic hydroxyl groups is 1. The van der Waals surface area contributed by atoms with Crippen molar-refractivity contribution in [2.75, 3.05) is 31.6 Å². The average molecular weight is 527 g/mol. The van der Waals surface area contributed by atoms with Crippen molar-refractivity contribution in [3.8, 4) is 5.75 Å². The van der Waals surface area contributed by atoms with Crippen LogP contribution in [0.15, 0.2) is 30.3 Å². The van der Waals surface area contributed by atoms with Crippen LogP contribution in [-0.2, 0) is 17.1 Å². The molecule has 1 atom stereocenters. The molecular weight excluding hydrogens is 497 g/mol. The van der Waals surface area contributed by atoms with Crippen LogP contribution in [0.4, 0.5) is 19.0 Å². The maximum absolute atomic E-state index is 15.2. The Morgan fingerprint density at radius 1 is 1.29 bits per heavy atom. The van der Waals surface area contributed by atoms with Gasteiger partial charge in [0.25, 0.3) is 5.92 Å². The summed E-state index contributed by atoms with van der Waals surface area (Å²) in [5.41, 5.74) is 2.84. The van der Waals surface area contributed by atoms with Crippen LogP contribution in [0.5, 0.6) is 5.75 Å². The molecule has 2 aromatic carbocycles. The fourth-order valence-corrected chi connectivity index (χ4v) is 5.16. The van der Waals surface area contributed by atoms with Crippen LogP contribution in [0.3, 0.4) is 0 Å². The van der Waals surface area contributed by atoms with Crippen molar-refractivity contribution in [2.24, 2.45) is 0 Å². The number of amides is 1. The van der Waals surface area contributed by atoms with Crippen molar-refractivity contribution >= 4 is 28.2 Å². The zero-order chi connectivity index (χ0) is 27.2. The van der Waals surface area contributed by atoms with Gasteiger partial charge in [-0.25, -0.2) is 14.4 Å². The van der Waals surface area contributed by atoms with Crippen molar-refractivity contribution in [1.29, 1.82) is 0 Å². The molecule has 0 saturated carbocycles. The Hall–Kier alpha value is -3.66. The van der Waals surface area contributed by atoms with Gasteiger partial charge in [0.2, 0.25) is 5.91 Å². The van der Waals surface area contributed by atoms with Crippen LogP contribution in [-0.4, -0.2) is 52.2 Å². The van der Waals surface area contributed by atoms with Gasteiger partial charge in [0.1, 0.15) is 29.8 Å². The maximum Gasteiger partial charge on any atom is 0.298 e. The van der Waals surface area contributed by atoms with Gasteiger partial charge in [-0.1, -0.05) is 18.2 Å². The number of aromatic nitrogens is 2. The standard InChI is InChI=1S/C28H29F3N4O3/c1-15(19-5-4-6-23(24(19)29)28(30,31)14-36)32-27-22-13-21(18-7-10-35(11-8-18)17(3)37)26-20(9-12-38-26)25(22)33-16(2)34-27/h4-7,13,15,36H,8-12,14H2,1-3H3,(H,32,33,34)/t15-/m1/s1. The summed E-state index contributed by atoms with van der Waals surface area (Å²) >= 11 is 0. The number of alkyl halides is 2. The Labute approximate surface area is 218 Å². The van der Waals surface area contributed by atoms with Crippen molar-refractivity contribution < 1.29 is 27.8 Å². The van der Waals surface area contributed by atoms with Crippen LogP contribution in [0.2, 0.25) is 0 Å². The van der Waals surface area contributed by atoms with Crippen molar-refractivity contribution in [3.63, 3.8) is 0 Å². The number of ether oxygens (including phenoxy) is 1. The lowest BCUT2D eigenvalue weighted by Crippen LogP contribution is -2.32. The van der Waals surface area contributed by atoms with E-state index in [0.29, 0.717) is 49.6 Å². The molecule has 0 saturated heterocycles. The van der Waals surface area contributed by atoms with E-state index >= 15 is 4.39 Å². The molecule has 2 aliphatic heterocycles. The zero-order valence-electron chi connectivity index (χ0n) is 21.4. The number of rotatable bonds is 6. The number of carbonyl (C=O) groups excluding carboxylic acids is 1. The molecule has 5 rings (SSSR count). The maximum atomic E-state index is 15.2. The van der Waals surface area contributed by atoms with Crippen LogP contribution in [0, 0.1) is 12.7 Å². The summed E-state index contributed by atoms with van der Waals surface area (Å²) in [6, 6.07) is 5.00. The number of carbonyl (C=O) groups is 1. The number of aryl methyl sites for hydroxylation is 1. The van der Waals surface area contributed by atoms with Crippen molar-refractivity contribution in [3.05, 3.63) is 64.2 Å². The van der Waals surface area contributed by atoms with Gasteiger partial charge in [-0.05, 0) is 38.0 Å². The molecule has 0 radical (unpaired) electrons. The molecule has 0 spiro atoms. The molecule has 3 aromatic rings. The van der Waals surface area contributed by atoms with Crippen LogP contribution in [0.25, 0.3) is 16.5 Å². The highest BCUT2D eigenvalue weighted by molar-refractivity contribution is 5.97. The number of benzene rings is 2. The number of nitrogens with zero attached hydrogens (tertiary/aromatic N) is 3. The van der Waals surface area contributed by atoms with E-state index in [2.05, 4.69) is 15.3 Å². The minimum atomic E-state index is -3.70. The highest BCUT2D eigenvalue weighted by Gasteiger charge is 2.35. The molecule has 0 unspecified atom stereocenters. The molecule has 0 fully saturated rings. The first-order valence-electron chi connectivity index (χ1n) is 12.6. The number of hydrogen-bond acceptors (Lipinski definition) is 6. The molecule has 3 heterocycles. The second-order valence-corrected chi connectivity index (χ2v) is 9.73. The third-order valence-electron chi connectivity index (χ3n) is 7.19. The Morgan fingerprint density at radius 3 is 2.76 bits per heavy atom. The van der Waals surface area contributed by atoms with Gasteiger partial charge in [-0.3, -0.25) is 4.79 Å². The van der Waals surface area contributed by atoms with Gasteiger partial charge >= 0.3 is 0 Å². The first-order chi connectivity index (χ1) is 18.1.